The maximum absolute atomic E-state index is 2.45. The first-order valence-corrected chi connectivity index (χ1v) is 10.9. The molecular formula is C24H39N. The highest BCUT2D eigenvalue weighted by atomic mass is 14.9. The van der Waals surface area contributed by atoms with Gasteiger partial charge in [0.05, 0.1) is 0 Å². The molecule has 0 saturated carbocycles. The molecule has 0 aliphatic carbocycles. The van der Waals surface area contributed by atoms with Crippen LogP contribution in [0.25, 0.3) is 10.9 Å². The van der Waals surface area contributed by atoms with Crippen LogP contribution in [0.5, 0.6) is 0 Å². The first-order valence-electron chi connectivity index (χ1n) is 10.9. The Kier molecular flexibility index (Phi) is 9.77. The zero-order chi connectivity index (χ0) is 17.7. The number of aryl methyl sites for hydroxylation is 2. The molecule has 25 heavy (non-hydrogen) atoms. The second kappa shape index (κ2) is 12.2. The molecule has 0 unspecified atom stereocenters. The Morgan fingerprint density at radius 2 is 1.28 bits per heavy atom. The van der Waals surface area contributed by atoms with Gasteiger partial charge >= 0.3 is 0 Å². The van der Waals surface area contributed by atoms with Gasteiger partial charge in [-0.3, -0.25) is 0 Å². The lowest BCUT2D eigenvalue weighted by Crippen LogP contribution is -1.96. The molecule has 0 radical (unpaired) electrons. The van der Waals surface area contributed by atoms with Gasteiger partial charge in [0.1, 0.15) is 0 Å². The minimum atomic E-state index is 1.12. The van der Waals surface area contributed by atoms with Crippen LogP contribution in [0.1, 0.15) is 96.5 Å². The van der Waals surface area contributed by atoms with Crippen molar-refractivity contribution in [3.8, 4) is 0 Å². The fraction of sp³-hybridized carbons (Fsp3) is 0.667. The van der Waals surface area contributed by atoms with E-state index < -0.39 is 0 Å². The smallest absolute Gasteiger partial charge is 0.0483 e. The maximum Gasteiger partial charge on any atom is 0.0483 e. The first-order chi connectivity index (χ1) is 12.4. The summed E-state index contributed by atoms with van der Waals surface area (Å²) in [6, 6.07) is 9.04. The van der Waals surface area contributed by atoms with Crippen LogP contribution < -0.4 is 0 Å². The fourth-order valence-corrected chi connectivity index (χ4v) is 3.91. The molecular weight excluding hydrogens is 302 g/mol. The summed E-state index contributed by atoms with van der Waals surface area (Å²) in [6.45, 7) is 5.71. The lowest BCUT2D eigenvalue weighted by atomic mass is 10.1. The summed E-state index contributed by atoms with van der Waals surface area (Å²) in [4.78, 5) is 0. The van der Waals surface area contributed by atoms with E-state index in [2.05, 4.69) is 48.9 Å². The molecule has 1 heterocycles. The largest absolute Gasteiger partial charge is 0.347 e. The van der Waals surface area contributed by atoms with Crippen molar-refractivity contribution in [3.63, 3.8) is 0 Å². The quantitative estimate of drug-likeness (QED) is 0.308. The number of unbranched alkanes of at least 4 members (excludes halogenated alkanes) is 11. The van der Waals surface area contributed by atoms with E-state index in [1.54, 1.807) is 0 Å². The molecule has 0 atom stereocenters. The van der Waals surface area contributed by atoms with Crippen molar-refractivity contribution in [3.05, 3.63) is 36.0 Å². The minimum Gasteiger partial charge on any atom is -0.347 e. The zero-order valence-corrected chi connectivity index (χ0v) is 16.7. The lowest BCUT2D eigenvalue weighted by Gasteiger charge is -2.07. The van der Waals surface area contributed by atoms with Crippen molar-refractivity contribution >= 4 is 10.9 Å². The van der Waals surface area contributed by atoms with Gasteiger partial charge in [0.25, 0.3) is 0 Å². The van der Waals surface area contributed by atoms with Crippen LogP contribution in [-0.2, 0) is 13.0 Å². The van der Waals surface area contributed by atoms with Gasteiger partial charge in [-0.15, -0.1) is 0 Å². The Labute approximate surface area is 155 Å². The highest BCUT2D eigenvalue weighted by molar-refractivity contribution is 5.83. The van der Waals surface area contributed by atoms with Crippen molar-refractivity contribution in [2.75, 3.05) is 0 Å². The summed E-state index contributed by atoms with van der Waals surface area (Å²) in [7, 11) is 0. The van der Waals surface area contributed by atoms with E-state index in [0.29, 0.717) is 0 Å². The van der Waals surface area contributed by atoms with Crippen LogP contribution in [0.4, 0.5) is 0 Å². The standard InChI is InChI=1S/C24H39N/c1-3-5-6-7-8-9-10-11-12-13-14-15-20-25-21-19-23-22(4-2)17-16-18-24(23)25/h16-19,21H,3-15,20H2,1-2H3. The van der Waals surface area contributed by atoms with Crippen LogP contribution in [0.15, 0.2) is 30.5 Å². The first kappa shape index (κ1) is 20.1. The highest BCUT2D eigenvalue weighted by Crippen LogP contribution is 2.21. The molecule has 0 fully saturated rings. The Morgan fingerprint density at radius 1 is 0.680 bits per heavy atom. The zero-order valence-electron chi connectivity index (χ0n) is 16.7. The van der Waals surface area contributed by atoms with E-state index >= 15 is 0 Å². The third-order valence-electron chi connectivity index (χ3n) is 5.54. The predicted molar refractivity (Wildman–Crippen MR) is 112 cm³/mol. The van der Waals surface area contributed by atoms with Gasteiger partial charge in [-0.05, 0) is 30.5 Å². The van der Waals surface area contributed by atoms with Crippen molar-refractivity contribution in [2.24, 2.45) is 0 Å². The molecule has 2 aromatic rings. The van der Waals surface area contributed by atoms with Gasteiger partial charge in [-0.1, -0.05) is 96.6 Å². The summed E-state index contributed by atoms with van der Waals surface area (Å²) in [5, 5.41) is 1.45. The van der Waals surface area contributed by atoms with Crippen LogP contribution in [0.2, 0.25) is 0 Å². The minimum absolute atomic E-state index is 1.12. The highest BCUT2D eigenvalue weighted by Gasteiger charge is 2.04. The van der Waals surface area contributed by atoms with E-state index in [9.17, 15) is 0 Å². The normalized spacial score (nSPS) is 11.4. The molecule has 1 aromatic carbocycles. The molecule has 140 valence electrons. The van der Waals surface area contributed by atoms with Crippen LogP contribution in [-0.4, -0.2) is 4.57 Å². The van der Waals surface area contributed by atoms with E-state index in [4.69, 9.17) is 0 Å². The van der Waals surface area contributed by atoms with Gasteiger partial charge < -0.3 is 4.57 Å². The third-order valence-corrected chi connectivity index (χ3v) is 5.54. The van der Waals surface area contributed by atoms with Crippen molar-refractivity contribution in [2.45, 2.75) is 104 Å². The second-order valence-corrected chi connectivity index (χ2v) is 7.60. The molecule has 0 N–H and O–H groups in total. The van der Waals surface area contributed by atoms with Crippen molar-refractivity contribution < 1.29 is 0 Å². The number of fused-ring (bicyclic) bond motifs is 1. The van der Waals surface area contributed by atoms with Crippen LogP contribution in [0.3, 0.4) is 0 Å². The maximum atomic E-state index is 2.45. The summed E-state index contributed by atoms with van der Waals surface area (Å²) < 4.78 is 2.45. The summed E-state index contributed by atoms with van der Waals surface area (Å²) >= 11 is 0. The number of hydrogen-bond acceptors (Lipinski definition) is 0. The number of aromatic nitrogens is 1. The second-order valence-electron chi connectivity index (χ2n) is 7.60. The summed E-state index contributed by atoms with van der Waals surface area (Å²) in [5.74, 6) is 0. The Bertz CT molecular complexity index is 581. The summed E-state index contributed by atoms with van der Waals surface area (Å²) in [5.41, 5.74) is 2.90. The van der Waals surface area contributed by atoms with E-state index in [1.165, 1.54) is 100 Å². The average Bonchev–Trinajstić information content (AvgIpc) is 3.06. The molecule has 0 saturated heterocycles. The Balaban J connectivity index is 1.52. The average molecular weight is 342 g/mol. The molecule has 0 bridgehead atoms. The van der Waals surface area contributed by atoms with E-state index in [0.717, 1.165) is 6.42 Å². The SMILES string of the molecule is CCCCCCCCCCCCCCn1ccc2c(CC)cccc21. The van der Waals surface area contributed by atoms with E-state index in [-0.39, 0.29) is 0 Å². The monoisotopic (exact) mass is 341 g/mol. The van der Waals surface area contributed by atoms with Gasteiger partial charge in [0, 0.05) is 23.6 Å². The Morgan fingerprint density at radius 3 is 1.88 bits per heavy atom. The summed E-state index contributed by atoms with van der Waals surface area (Å²) in [6.07, 6.45) is 20.4. The molecule has 0 aliphatic rings. The van der Waals surface area contributed by atoms with Gasteiger partial charge in [-0.2, -0.15) is 0 Å². The Hall–Kier alpha value is -1.24. The molecule has 1 heteroatoms. The van der Waals surface area contributed by atoms with Crippen LogP contribution >= 0.6 is 0 Å². The molecule has 0 aliphatic heterocycles. The van der Waals surface area contributed by atoms with Gasteiger partial charge in [0.15, 0.2) is 0 Å². The van der Waals surface area contributed by atoms with E-state index in [1.807, 2.05) is 0 Å². The molecule has 0 spiro atoms. The molecule has 1 aromatic heterocycles. The van der Waals surface area contributed by atoms with Gasteiger partial charge in [-0.25, -0.2) is 0 Å². The number of benzene rings is 1. The molecule has 1 nitrogen and oxygen atoms in total. The number of rotatable bonds is 14. The number of nitrogens with zero attached hydrogens (tertiary/aromatic N) is 1. The topological polar surface area (TPSA) is 4.93 Å². The van der Waals surface area contributed by atoms with Crippen molar-refractivity contribution in [1.29, 1.82) is 0 Å². The van der Waals surface area contributed by atoms with Crippen LogP contribution in [0, 0.1) is 0 Å². The van der Waals surface area contributed by atoms with Gasteiger partial charge in [0.2, 0.25) is 0 Å². The number of hydrogen-bond donors (Lipinski definition) is 0. The van der Waals surface area contributed by atoms with Crippen molar-refractivity contribution in [1.82, 2.24) is 4.57 Å². The lowest BCUT2D eigenvalue weighted by molar-refractivity contribution is 0.531. The third kappa shape index (κ3) is 6.88. The molecule has 0 amide bonds. The molecule has 2 rings (SSSR count). The fourth-order valence-electron chi connectivity index (χ4n) is 3.91. The predicted octanol–water partition coefficient (Wildman–Crippen LogP) is 7.90.